The fraction of sp³-hybridized carbons (Fsp3) is 0.250. The number of para-hydroxylation sites is 2. The lowest BCUT2D eigenvalue weighted by Crippen LogP contribution is -2.08. The molecule has 0 heterocycles. The summed E-state index contributed by atoms with van der Waals surface area (Å²) in [5.41, 5.74) is 1.33. The molecule has 5 nitrogen and oxygen atoms in total. The zero-order valence-corrected chi connectivity index (χ0v) is 15.8. The van der Waals surface area contributed by atoms with Gasteiger partial charge in [-0.05, 0) is 42.3 Å². The number of methoxy groups -OCH3 is 2. The molecule has 0 spiro atoms. The Hall–Kier alpha value is -2.66. The summed E-state index contributed by atoms with van der Waals surface area (Å²) in [6, 6.07) is 10.7. The van der Waals surface area contributed by atoms with Crippen LogP contribution in [0, 0.1) is 0 Å². The molecule has 0 saturated carbocycles. The summed E-state index contributed by atoms with van der Waals surface area (Å²) < 4.78 is 16.2. The summed E-state index contributed by atoms with van der Waals surface area (Å²) in [6.07, 6.45) is 3.94. The van der Waals surface area contributed by atoms with Crippen LogP contribution in [0.2, 0.25) is 5.02 Å². The average Bonchev–Trinajstić information content (AvgIpc) is 2.65. The second-order valence-electron chi connectivity index (χ2n) is 5.41. The Labute approximate surface area is 158 Å². The van der Waals surface area contributed by atoms with E-state index in [2.05, 4.69) is 5.32 Å². The third kappa shape index (κ3) is 5.17. The van der Waals surface area contributed by atoms with Crippen molar-refractivity contribution >= 4 is 29.3 Å². The van der Waals surface area contributed by atoms with Crippen LogP contribution in [0.3, 0.4) is 0 Å². The lowest BCUT2D eigenvalue weighted by Gasteiger charge is -2.12. The Kier molecular flexibility index (Phi) is 7.36. The van der Waals surface area contributed by atoms with Gasteiger partial charge in [0.2, 0.25) is 5.91 Å². The molecule has 0 aliphatic carbocycles. The van der Waals surface area contributed by atoms with E-state index in [-0.39, 0.29) is 5.91 Å². The minimum atomic E-state index is -0.282. The number of carbonyl (C=O) groups excluding carboxylic acids is 1. The molecule has 2 aromatic rings. The Balaban J connectivity index is 2.14. The molecule has 2 aromatic carbocycles. The van der Waals surface area contributed by atoms with E-state index in [0.29, 0.717) is 34.6 Å². The number of hydrogen-bond acceptors (Lipinski definition) is 4. The van der Waals surface area contributed by atoms with Crippen LogP contribution in [0.4, 0.5) is 5.69 Å². The molecular weight excluding hydrogens is 354 g/mol. The maximum atomic E-state index is 12.2. The number of carbonyl (C=O) groups is 1. The van der Waals surface area contributed by atoms with E-state index >= 15 is 0 Å². The van der Waals surface area contributed by atoms with Crippen molar-refractivity contribution < 1.29 is 19.0 Å². The minimum absolute atomic E-state index is 0.282. The monoisotopic (exact) mass is 375 g/mol. The first-order valence-corrected chi connectivity index (χ1v) is 8.59. The SMILES string of the molecule is CCCOc1c(Cl)cc(/C=C/C(=O)Nc2ccccc2OC)cc1OC. The molecule has 0 unspecified atom stereocenters. The smallest absolute Gasteiger partial charge is 0.248 e. The van der Waals surface area contributed by atoms with E-state index in [1.807, 2.05) is 19.1 Å². The molecule has 0 bridgehead atoms. The van der Waals surface area contributed by atoms with E-state index in [1.165, 1.54) is 6.08 Å². The largest absolute Gasteiger partial charge is 0.495 e. The van der Waals surface area contributed by atoms with Crippen molar-refractivity contribution in [1.82, 2.24) is 0 Å². The molecule has 26 heavy (non-hydrogen) atoms. The lowest BCUT2D eigenvalue weighted by molar-refractivity contribution is -0.111. The van der Waals surface area contributed by atoms with Gasteiger partial charge in [0.15, 0.2) is 11.5 Å². The quantitative estimate of drug-likeness (QED) is 0.673. The summed E-state index contributed by atoms with van der Waals surface area (Å²) in [5, 5.41) is 3.21. The van der Waals surface area contributed by atoms with Crippen molar-refractivity contribution in [3.05, 3.63) is 53.1 Å². The molecule has 0 aliphatic rings. The van der Waals surface area contributed by atoms with Crippen LogP contribution in [0.15, 0.2) is 42.5 Å². The van der Waals surface area contributed by atoms with Gasteiger partial charge in [0.05, 0.1) is 31.5 Å². The number of rotatable bonds is 8. The van der Waals surface area contributed by atoms with Crippen LogP contribution in [-0.2, 0) is 4.79 Å². The highest BCUT2D eigenvalue weighted by atomic mass is 35.5. The molecule has 1 N–H and O–H groups in total. The second-order valence-corrected chi connectivity index (χ2v) is 5.81. The zero-order valence-electron chi connectivity index (χ0n) is 15.0. The van der Waals surface area contributed by atoms with E-state index in [0.717, 1.165) is 12.0 Å². The third-order valence-electron chi connectivity index (χ3n) is 3.49. The second kappa shape index (κ2) is 9.73. The number of benzene rings is 2. The van der Waals surface area contributed by atoms with Gasteiger partial charge in [0, 0.05) is 6.08 Å². The molecule has 0 fully saturated rings. The normalized spacial score (nSPS) is 10.6. The summed E-state index contributed by atoms with van der Waals surface area (Å²) in [5.74, 6) is 1.34. The molecule has 0 aromatic heterocycles. The topological polar surface area (TPSA) is 56.8 Å². The van der Waals surface area contributed by atoms with Gasteiger partial charge < -0.3 is 19.5 Å². The number of anilines is 1. The van der Waals surface area contributed by atoms with Gasteiger partial charge in [-0.2, -0.15) is 0 Å². The number of ether oxygens (including phenoxy) is 3. The molecule has 1 amide bonds. The molecule has 0 atom stereocenters. The number of nitrogens with one attached hydrogen (secondary N) is 1. The summed E-state index contributed by atoms with van der Waals surface area (Å²) in [6.45, 7) is 2.56. The van der Waals surface area contributed by atoms with Crippen LogP contribution in [0.25, 0.3) is 6.08 Å². The van der Waals surface area contributed by atoms with Gasteiger partial charge in [-0.15, -0.1) is 0 Å². The van der Waals surface area contributed by atoms with Gasteiger partial charge in [-0.25, -0.2) is 0 Å². The molecule has 0 aliphatic heterocycles. The van der Waals surface area contributed by atoms with Crippen molar-refractivity contribution in [2.24, 2.45) is 0 Å². The van der Waals surface area contributed by atoms with Crippen LogP contribution < -0.4 is 19.5 Å². The molecular formula is C20H22ClNO4. The van der Waals surface area contributed by atoms with E-state index in [9.17, 15) is 4.79 Å². The zero-order chi connectivity index (χ0) is 18.9. The van der Waals surface area contributed by atoms with Crippen LogP contribution in [-0.4, -0.2) is 26.7 Å². The van der Waals surface area contributed by atoms with Gasteiger partial charge in [0.25, 0.3) is 0 Å². The van der Waals surface area contributed by atoms with Crippen LogP contribution >= 0.6 is 11.6 Å². The van der Waals surface area contributed by atoms with E-state index in [1.54, 1.807) is 44.6 Å². The Bertz CT molecular complexity index is 789. The van der Waals surface area contributed by atoms with Gasteiger partial charge >= 0.3 is 0 Å². The third-order valence-corrected chi connectivity index (χ3v) is 3.78. The molecule has 138 valence electrons. The van der Waals surface area contributed by atoms with Gasteiger partial charge in [-0.1, -0.05) is 30.7 Å². The molecule has 0 radical (unpaired) electrons. The van der Waals surface area contributed by atoms with Crippen molar-refractivity contribution in [2.75, 3.05) is 26.1 Å². The van der Waals surface area contributed by atoms with E-state index < -0.39 is 0 Å². The first kappa shape index (κ1) is 19.7. The summed E-state index contributed by atoms with van der Waals surface area (Å²) in [4.78, 5) is 12.2. The van der Waals surface area contributed by atoms with Crippen LogP contribution in [0.5, 0.6) is 17.2 Å². The molecule has 2 rings (SSSR count). The molecule has 6 heteroatoms. The first-order chi connectivity index (χ1) is 12.6. The summed E-state index contributed by atoms with van der Waals surface area (Å²) >= 11 is 6.28. The maximum Gasteiger partial charge on any atom is 0.248 e. The molecule has 0 saturated heterocycles. The predicted octanol–water partition coefficient (Wildman–Crippen LogP) is 4.80. The lowest BCUT2D eigenvalue weighted by atomic mass is 10.2. The fourth-order valence-corrected chi connectivity index (χ4v) is 2.55. The summed E-state index contributed by atoms with van der Waals surface area (Å²) in [7, 11) is 3.10. The van der Waals surface area contributed by atoms with Crippen molar-refractivity contribution in [1.29, 1.82) is 0 Å². The average molecular weight is 376 g/mol. The van der Waals surface area contributed by atoms with Gasteiger partial charge in [-0.3, -0.25) is 4.79 Å². The number of amides is 1. The minimum Gasteiger partial charge on any atom is -0.495 e. The Morgan fingerprint density at radius 1 is 1.15 bits per heavy atom. The fourth-order valence-electron chi connectivity index (χ4n) is 2.27. The highest BCUT2D eigenvalue weighted by molar-refractivity contribution is 6.32. The predicted molar refractivity (Wildman–Crippen MR) is 104 cm³/mol. The number of hydrogen-bond donors (Lipinski definition) is 1. The maximum absolute atomic E-state index is 12.2. The Morgan fingerprint density at radius 3 is 2.58 bits per heavy atom. The van der Waals surface area contributed by atoms with E-state index in [4.69, 9.17) is 25.8 Å². The number of halogens is 1. The van der Waals surface area contributed by atoms with Crippen molar-refractivity contribution in [3.8, 4) is 17.2 Å². The highest BCUT2D eigenvalue weighted by Crippen LogP contribution is 2.36. The van der Waals surface area contributed by atoms with Crippen LogP contribution in [0.1, 0.15) is 18.9 Å². The van der Waals surface area contributed by atoms with Gasteiger partial charge in [0.1, 0.15) is 5.75 Å². The Morgan fingerprint density at radius 2 is 1.88 bits per heavy atom. The van der Waals surface area contributed by atoms with Crippen molar-refractivity contribution in [3.63, 3.8) is 0 Å². The highest BCUT2D eigenvalue weighted by Gasteiger charge is 2.11. The van der Waals surface area contributed by atoms with Crippen molar-refractivity contribution in [2.45, 2.75) is 13.3 Å². The standard InChI is InChI=1S/C20H22ClNO4/c1-4-11-26-20-15(21)12-14(13-18(20)25-3)9-10-19(23)22-16-7-5-6-8-17(16)24-2/h5-10,12-13H,4,11H2,1-3H3,(H,22,23)/b10-9+. The first-order valence-electron chi connectivity index (χ1n) is 8.21.